The third kappa shape index (κ3) is 2.38. The van der Waals surface area contributed by atoms with Crippen molar-refractivity contribution in [1.29, 1.82) is 0 Å². The summed E-state index contributed by atoms with van der Waals surface area (Å²) >= 11 is 8.86. The van der Waals surface area contributed by atoms with E-state index in [2.05, 4.69) is 18.2 Å². The molecule has 3 nitrogen and oxygen atoms in total. The number of rotatable bonds is 3. The van der Waals surface area contributed by atoms with E-state index in [9.17, 15) is 4.79 Å². The summed E-state index contributed by atoms with van der Waals surface area (Å²) in [6, 6.07) is 0. The lowest BCUT2D eigenvalue weighted by atomic mass is 9.97. The SMILES string of the molecule is CSC(C)Cn1c(=S)[nH]c2sc3c(c2c1=O)CCCC3. The average Bonchev–Trinajstić information content (AvgIpc) is 2.81. The number of hydrogen-bond donors (Lipinski definition) is 1. The number of thioether (sulfide) groups is 1. The first-order valence-corrected chi connectivity index (χ1v) is 9.43. The lowest BCUT2D eigenvalue weighted by Gasteiger charge is -2.12. The molecule has 0 radical (unpaired) electrons. The van der Waals surface area contributed by atoms with Gasteiger partial charge in [0.1, 0.15) is 4.83 Å². The maximum atomic E-state index is 12.8. The molecule has 1 unspecified atom stereocenters. The molecule has 108 valence electrons. The fraction of sp³-hybridized carbons (Fsp3) is 0.571. The monoisotopic (exact) mass is 326 g/mol. The highest BCUT2D eigenvalue weighted by Gasteiger charge is 2.20. The third-order valence-corrected chi connectivity index (χ3v) is 6.42. The quantitative estimate of drug-likeness (QED) is 0.873. The Kier molecular flexibility index (Phi) is 4.06. The Balaban J connectivity index is 2.22. The van der Waals surface area contributed by atoms with Crippen LogP contribution in [0.25, 0.3) is 10.2 Å². The van der Waals surface area contributed by atoms with Crippen molar-refractivity contribution < 1.29 is 0 Å². The molecule has 0 bridgehead atoms. The van der Waals surface area contributed by atoms with Gasteiger partial charge in [-0.05, 0) is 49.7 Å². The number of aryl methyl sites for hydroxylation is 2. The van der Waals surface area contributed by atoms with Gasteiger partial charge in [-0.25, -0.2) is 0 Å². The molecule has 20 heavy (non-hydrogen) atoms. The molecule has 0 saturated carbocycles. The molecule has 1 aliphatic carbocycles. The maximum absolute atomic E-state index is 12.8. The van der Waals surface area contributed by atoms with Gasteiger partial charge in [0.25, 0.3) is 5.56 Å². The van der Waals surface area contributed by atoms with Gasteiger partial charge in [-0.3, -0.25) is 9.36 Å². The van der Waals surface area contributed by atoms with Crippen molar-refractivity contribution in [3.63, 3.8) is 0 Å². The highest BCUT2D eigenvalue weighted by Crippen LogP contribution is 2.33. The van der Waals surface area contributed by atoms with Crippen molar-refractivity contribution >= 4 is 45.5 Å². The highest BCUT2D eigenvalue weighted by molar-refractivity contribution is 7.99. The number of nitrogens with zero attached hydrogens (tertiary/aromatic N) is 1. The Bertz CT molecular complexity index is 756. The van der Waals surface area contributed by atoms with Crippen LogP contribution >= 0.6 is 35.3 Å². The standard InChI is InChI=1S/C14H18N2OS3/c1-8(19-2)7-16-13(17)11-9-5-3-4-6-10(9)20-12(11)15-14(16)18/h8H,3-7H2,1-2H3,(H,15,18). The summed E-state index contributed by atoms with van der Waals surface area (Å²) in [7, 11) is 0. The van der Waals surface area contributed by atoms with E-state index in [0.717, 1.165) is 23.1 Å². The zero-order valence-corrected chi connectivity index (χ0v) is 14.1. The molecule has 0 aliphatic heterocycles. The van der Waals surface area contributed by atoms with Crippen molar-refractivity contribution in [2.75, 3.05) is 6.26 Å². The number of thiophene rings is 1. The Morgan fingerprint density at radius 2 is 2.20 bits per heavy atom. The van der Waals surface area contributed by atoms with Gasteiger partial charge in [0.15, 0.2) is 4.77 Å². The topological polar surface area (TPSA) is 37.8 Å². The van der Waals surface area contributed by atoms with E-state index < -0.39 is 0 Å². The minimum Gasteiger partial charge on any atom is -0.323 e. The Morgan fingerprint density at radius 1 is 1.45 bits per heavy atom. The Labute approximate surface area is 131 Å². The van der Waals surface area contributed by atoms with Gasteiger partial charge < -0.3 is 4.98 Å². The molecule has 0 fully saturated rings. The van der Waals surface area contributed by atoms with Crippen LogP contribution in [0.2, 0.25) is 0 Å². The minimum atomic E-state index is 0.101. The molecule has 1 N–H and O–H groups in total. The summed E-state index contributed by atoms with van der Waals surface area (Å²) < 4.78 is 2.29. The van der Waals surface area contributed by atoms with Crippen LogP contribution in [-0.4, -0.2) is 21.1 Å². The van der Waals surface area contributed by atoms with Gasteiger partial charge in [0, 0.05) is 16.7 Å². The van der Waals surface area contributed by atoms with E-state index in [1.54, 1.807) is 27.7 Å². The van der Waals surface area contributed by atoms with Crippen LogP contribution in [0.3, 0.4) is 0 Å². The maximum Gasteiger partial charge on any atom is 0.263 e. The first kappa shape index (κ1) is 14.4. The number of aromatic amines is 1. The van der Waals surface area contributed by atoms with Crippen LogP contribution in [-0.2, 0) is 19.4 Å². The van der Waals surface area contributed by atoms with Crippen LogP contribution in [0.5, 0.6) is 0 Å². The van der Waals surface area contributed by atoms with Crippen LogP contribution in [0.4, 0.5) is 0 Å². The van der Waals surface area contributed by atoms with Gasteiger partial charge in [0.2, 0.25) is 0 Å². The van der Waals surface area contributed by atoms with Crippen molar-refractivity contribution in [2.45, 2.75) is 44.4 Å². The molecule has 1 aliphatic rings. The van der Waals surface area contributed by atoms with E-state index in [1.165, 1.54) is 23.3 Å². The summed E-state index contributed by atoms with van der Waals surface area (Å²) in [5.74, 6) is 0. The number of hydrogen-bond acceptors (Lipinski definition) is 4. The van der Waals surface area contributed by atoms with E-state index in [0.29, 0.717) is 16.6 Å². The number of fused-ring (bicyclic) bond motifs is 3. The molecule has 0 aromatic carbocycles. The second-order valence-corrected chi connectivity index (χ2v) is 8.08. The fourth-order valence-electron chi connectivity index (χ4n) is 2.77. The van der Waals surface area contributed by atoms with Crippen LogP contribution in [0.15, 0.2) is 4.79 Å². The van der Waals surface area contributed by atoms with Crippen LogP contribution in [0.1, 0.15) is 30.2 Å². The van der Waals surface area contributed by atoms with Gasteiger partial charge in [0.05, 0.1) is 5.39 Å². The van der Waals surface area contributed by atoms with Crippen molar-refractivity contribution in [1.82, 2.24) is 9.55 Å². The fourth-order valence-corrected chi connectivity index (χ4v) is 4.67. The van der Waals surface area contributed by atoms with E-state index in [1.807, 2.05) is 0 Å². The van der Waals surface area contributed by atoms with Gasteiger partial charge in [-0.2, -0.15) is 11.8 Å². The molecule has 0 spiro atoms. The van der Waals surface area contributed by atoms with Gasteiger partial charge in [-0.1, -0.05) is 6.92 Å². The lowest BCUT2D eigenvalue weighted by molar-refractivity contribution is 0.648. The molecule has 6 heteroatoms. The summed E-state index contributed by atoms with van der Waals surface area (Å²) in [6.07, 6.45) is 6.63. The molecule has 0 amide bonds. The smallest absolute Gasteiger partial charge is 0.263 e. The zero-order chi connectivity index (χ0) is 14.3. The molecule has 2 aromatic heterocycles. The second kappa shape index (κ2) is 5.66. The number of H-pyrrole nitrogens is 1. The van der Waals surface area contributed by atoms with Crippen molar-refractivity contribution in [3.8, 4) is 0 Å². The molecule has 2 aromatic rings. The van der Waals surface area contributed by atoms with Crippen LogP contribution in [0, 0.1) is 4.77 Å². The predicted octanol–water partition coefficient (Wildman–Crippen LogP) is 3.75. The van der Waals surface area contributed by atoms with Gasteiger partial charge >= 0.3 is 0 Å². The van der Waals surface area contributed by atoms with E-state index >= 15 is 0 Å². The Hall–Kier alpha value is -0.590. The second-order valence-electron chi connectivity index (χ2n) is 5.31. The summed E-state index contributed by atoms with van der Waals surface area (Å²) in [4.78, 5) is 18.4. The summed E-state index contributed by atoms with van der Waals surface area (Å²) in [6.45, 7) is 2.80. The van der Waals surface area contributed by atoms with E-state index in [-0.39, 0.29) is 5.56 Å². The molecule has 1 atom stereocenters. The van der Waals surface area contributed by atoms with E-state index in [4.69, 9.17) is 12.2 Å². The highest BCUT2D eigenvalue weighted by atomic mass is 32.2. The average molecular weight is 327 g/mol. The predicted molar refractivity (Wildman–Crippen MR) is 90.9 cm³/mol. The minimum absolute atomic E-state index is 0.101. The molecule has 3 rings (SSSR count). The zero-order valence-electron chi connectivity index (χ0n) is 11.7. The largest absolute Gasteiger partial charge is 0.323 e. The summed E-state index contributed by atoms with van der Waals surface area (Å²) in [5, 5.41) is 1.28. The van der Waals surface area contributed by atoms with Crippen molar-refractivity contribution in [3.05, 3.63) is 25.6 Å². The summed E-state index contributed by atoms with van der Waals surface area (Å²) in [5.41, 5.74) is 1.38. The molecular formula is C14H18N2OS3. The number of nitrogens with one attached hydrogen (secondary N) is 1. The molecule has 0 saturated heterocycles. The first-order valence-electron chi connectivity index (χ1n) is 6.92. The van der Waals surface area contributed by atoms with Gasteiger partial charge in [-0.15, -0.1) is 11.3 Å². The first-order chi connectivity index (χ1) is 9.61. The third-order valence-electron chi connectivity index (χ3n) is 3.94. The number of aromatic nitrogens is 2. The normalized spacial score (nSPS) is 16.3. The van der Waals surface area contributed by atoms with Crippen molar-refractivity contribution in [2.24, 2.45) is 0 Å². The Morgan fingerprint density at radius 3 is 2.95 bits per heavy atom. The lowest BCUT2D eigenvalue weighted by Crippen LogP contribution is -2.26. The van der Waals surface area contributed by atoms with Crippen LogP contribution < -0.4 is 5.56 Å². The molecule has 2 heterocycles. The molecular weight excluding hydrogens is 308 g/mol.